The van der Waals surface area contributed by atoms with Gasteiger partial charge in [-0.1, -0.05) is 200 Å². The van der Waals surface area contributed by atoms with Gasteiger partial charge in [0.15, 0.2) is 0 Å². The summed E-state index contributed by atoms with van der Waals surface area (Å²) < 4.78 is 76.2. The van der Waals surface area contributed by atoms with Gasteiger partial charge >= 0.3 is 0 Å². The minimum absolute atomic E-state index is 0. The Bertz CT molecular complexity index is 3400. The second kappa shape index (κ2) is 17.8. The Hall–Kier alpha value is -5.57. The van der Waals surface area contributed by atoms with Crippen LogP contribution in [0.3, 0.4) is 0 Å². The molecule has 0 aliphatic heterocycles. The first-order valence-electron chi connectivity index (χ1n) is 27.3. The molecule has 0 aliphatic rings. The molecule has 0 bridgehead atoms. The number of rotatable bonds is 6. The molecule has 0 atom stereocenters. The topological polar surface area (TPSA) is 50.9 Å². The van der Waals surface area contributed by atoms with Crippen LogP contribution < -0.4 is 0 Å². The molecule has 4 nitrogen and oxygen atoms in total. The van der Waals surface area contributed by atoms with E-state index >= 15 is 0 Å². The Kier molecular flexibility index (Phi) is 10.2. The molecular formula is C62H68N3OPt-. The second-order valence-corrected chi connectivity index (χ2v) is 21.9. The molecule has 0 saturated carbocycles. The summed E-state index contributed by atoms with van der Waals surface area (Å²) in [5.74, 6) is 0.769. The summed E-state index contributed by atoms with van der Waals surface area (Å²) in [6.07, 6.45) is 1.67. The first-order valence-corrected chi connectivity index (χ1v) is 22.8. The summed E-state index contributed by atoms with van der Waals surface area (Å²) in [6.45, 7) is 15.9. The van der Waals surface area contributed by atoms with Crippen LogP contribution in [0.1, 0.15) is 144 Å². The number of imidazole rings is 1. The zero-order valence-electron chi connectivity index (χ0n) is 49.8. The van der Waals surface area contributed by atoms with E-state index in [4.69, 9.17) is 22.3 Å². The van der Waals surface area contributed by atoms with Crippen LogP contribution in [0.4, 0.5) is 0 Å². The van der Waals surface area contributed by atoms with Crippen LogP contribution in [0.15, 0.2) is 134 Å². The fraction of sp³-hybridized carbons (Fsp3) is 0.323. The molecule has 0 radical (unpaired) electrons. The zero-order valence-corrected chi connectivity index (χ0v) is 43.1. The van der Waals surface area contributed by atoms with Gasteiger partial charge in [-0.2, -0.15) is 0 Å². The quantitative estimate of drug-likeness (QED) is 0.169. The van der Waals surface area contributed by atoms with Crippen molar-refractivity contribution >= 4 is 11.0 Å². The number of hydrogen-bond donors (Lipinski definition) is 1. The minimum atomic E-state index is -3.37. The number of pyridine rings is 1. The van der Waals surface area contributed by atoms with Gasteiger partial charge in [0, 0.05) is 56.4 Å². The molecule has 8 rings (SSSR count). The van der Waals surface area contributed by atoms with E-state index in [-0.39, 0.29) is 48.6 Å². The summed E-state index contributed by atoms with van der Waals surface area (Å²) in [5, 5.41) is 12.6. The fourth-order valence-corrected chi connectivity index (χ4v) is 8.55. The van der Waals surface area contributed by atoms with Gasteiger partial charge in [0.05, 0.1) is 22.3 Å². The van der Waals surface area contributed by atoms with Crippen molar-refractivity contribution < 1.29 is 38.5 Å². The Balaban J connectivity index is 0.00000840. The molecule has 0 saturated heterocycles. The molecule has 67 heavy (non-hydrogen) atoms. The molecule has 6 aromatic carbocycles. The number of fused-ring (bicyclic) bond motifs is 1. The maximum Gasteiger partial charge on any atom is 0.148 e. The molecule has 0 fully saturated rings. The Labute approximate surface area is 427 Å². The average Bonchev–Trinajstić information content (AvgIpc) is 3.68. The molecule has 0 amide bonds. The van der Waals surface area contributed by atoms with Crippen molar-refractivity contribution in [1.82, 2.24) is 14.5 Å². The van der Waals surface area contributed by atoms with Crippen molar-refractivity contribution in [3.05, 3.63) is 167 Å². The van der Waals surface area contributed by atoms with Gasteiger partial charge in [0.2, 0.25) is 0 Å². The third kappa shape index (κ3) is 10.0. The van der Waals surface area contributed by atoms with E-state index in [1.165, 1.54) is 17.7 Å². The van der Waals surface area contributed by atoms with Crippen molar-refractivity contribution in [3.8, 4) is 67.5 Å². The minimum Gasteiger partial charge on any atom is -0.507 e. The normalized spacial score (nSPS) is 15.2. The van der Waals surface area contributed by atoms with Crippen LogP contribution in [0.25, 0.3) is 72.7 Å². The number of benzene rings is 6. The largest absolute Gasteiger partial charge is 0.507 e. The van der Waals surface area contributed by atoms with Crippen LogP contribution >= 0.6 is 0 Å². The Morgan fingerprint density at radius 3 is 1.75 bits per heavy atom. The van der Waals surface area contributed by atoms with E-state index in [0.29, 0.717) is 39.3 Å². The first kappa shape index (κ1) is 38.4. The number of phenols is 1. The van der Waals surface area contributed by atoms with Crippen molar-refractivity contribution in [2.24, 2.45) is 0 Å². The smallest absolute Gasteiger partial charge is 0.148 e. The maximum atomic E-state index is 12.6. The summed E-state index contributed by atoms with van der Waals surface area (Å²) in [6, 6.07) is 44.8. The monoisotopic (exact) mass is 1070 g/mol. The van der Waals surface area contributed by atoms with Crippen molar-refractivity contribution in [3.63, 3.8) is 0 Å². The summed E-state index contributed by atoms with van der Waals surface area (Å²) in [7, 11) is 0. The predicted molar refractivity (Wildman–Crippen MR) is 280 cm³/mol. The molecule has 0 unspecified atom stereocenters. The molecule has 2 heterocycles. The van der Waals surface area contributed by atoms with Gasteiger partial charge in [-0.15, -0.1) is 29.3 Å². The zero-order chi connectivity index (χ0) is 55.2. The Morgan fingerprint density at radius 2 is 1.12 bits per heavy atom. The summed E-state index contributed by atoms with van der Waals surface area (Å²) in [5.41, 5.74) is 8.86. The van der Waals surface area contributed by atoms with Crippen molar-refractivity contribution in [2.75, 3.05) is 0 Å². The standard InChI is InChI=1S/C62H68N3O.Pt/c1-58(2,3)44-26-24-39(25-27-44)41-30-31-63-52(35-41)43-32-42(33-46(34-43)60(7,8)9)48-22-19-23-54-55(48)64-57(50-37-47(61(10,11)12)38-51(56(50)66)62(13,14)15)65(54)53-29-28-45(59(4,5)6)36-49(53)40-20-17-16-18-21-40;/h16-31,33-38,66H,1-15H3;/q-1;/i1D3,2D3,3D3;. The maximum absolute atomic E-state index is 12.6. The number of nitrogens with zero attached hydrogens (tertiary/aromatic N) is 3. The van der Waals surface area contributed by atoms with E-state index < -0.39 is 31.4 Å². The molecule has 1 N–H and O–H groups in total. The van der Waals surface area contributed by atoms with Gasteiger partial charge in [0.25, 0.3) is 0 Å². The van der Waals surface area contributed by atoms with Crippen LogP contribution in [-0.2, 0) is 48.1 Å². The third-order valence-corrected chi connectivity index (χ3v) is 12.6. The van der Waals surface area contributed by atoms with E-state index in [1.807, 2.05) is 18.2 Å². The molecule has 8 aromatic rings. The van der Waals surface area contributed by atoms with Gasteiger partial charge in [-0.3, -0.25) is 9.55 Å². The van der Waals surface area contributed by atoms with Gasteiger partial charge in [-0.25, -0.2) is 4.98 Å². The average molecular weight is 1080 g/mol. The number of para-hydroxylation sites is 1. The van der Waals surface area contributed by atoms with E-state index in [2.05, 4.69) is 173 Å². The number of aromatic nitrogens is 3. The predicted octanol–water partition coefficient (Wildman–Crippen LogP) is 16.7. The summed E-state index contributed by atoms with van der Waals surface area (Å²) >= 11 is 0. The SMILES string of the molecule is [2H]C([2H])([2H])C(c1ccc(-c2ccnc(-c3[c-]c(-c4cccc5c4nc(-c4cc(C(C)(C)C)cc(C(C)(C)C)c4O)n5-c4ccc(C(C)(C)C)cc4-c4ccccc4)cc(C(C)(C)C)c3)c2)cc1)(C([2H])([2H])[2H])C([2H])([2H])[2H].[Pt]. The van der Waals surface area contributed by atoms with Crippen LogP contribution in [0.2, 0.25) is 0 Å². The first-order chi connectivity index (χ1) is 34.5. The van der Waals surface area contributed by atoms with Crippen molar-refractivity contribution in [1.29, 1.82) is 0 Å². The molecule has 0 aliphatic carbocycles. The molecule has 0 spiro atoms. The summed E-state index contributed by atoms with van der Waals surface area (Å²) in [4.78, 5) is 10.5. The van der Waals surface area contributed by atoms with Gasteiger partial charge in [0.1, 0.15) is 11.6 Å². The van der Waals surface area contributed by atoms with E-state index in [9.17, 15) is 5.11 Å². The van der Waals surface area contributed by atoms with Crippen molar-refractivity contribution in [2.45, 2.75) is 131 Å². The van der Waals surface area contributed by atoms with Gasteiger partial charge in [-0.05, 0) is 90.8 Å². The van der Waals surface area contributed by atoms with E-state index in [0.717, 1.165) is 50.1 Å². The molecule has 5 heteroatoms. The third-order valence-electron chi connectivity index (χ3n) is 12.6. The van der Waals surface area contributed by atoms with Crippen LogP contribution in [0, 0.1) is 6.07 Å². The molecule has 2 aromatic heterocycles. The number of phenolic OH excluding ortho intramolecular Hbond substituents is 1. The van der Waals surface area contributed by atoms with Gasteiger partial charge < -0.3 is 5.11 Å². The Morgan fingerprint density at radius 1 is 0.507 bits per heavy atom. The second-order valence-electron chi connectivity index (χ2n) is 21.9. The number of hydrogen-bond acceptors (Lipinski definition) is 3. The van der Waals surface area contributed by atoms with E-state index in [1.54, 1.807) is 24.4 Å². The fourth-order valence-electron chi connectivity index (χ4n) is 8.55. The molecule has 348 valence electrons. The number of aromatic hydroxyl groups is 1. The van der Waals surface area contributed by atoms with Crippen LogP contribution in [0.5, 0.6) is 5.75 Å². The molecular weight excluding hydrogens is 998 g/mol. The van der Waals surface area contributed by atoms with Crippen LogP contribution in [-0.4, -0.2) is 19.6 Å².